The third-order valence-corrected chi connectivity index (χ3v) is 3.56. The zero-order chi connectivity index (χ0) is 15.1. The van der Waals surface area contributed by atoms with E-state index >= 15 is 0 Å². The first-order chi connectivity index (χ1) is 10.1. The Morgan fingerprint density at radius 3 is 2.81 bits per heavy atom. The molecule has 1 aromatic carbocycles. The minimum Gasteiger partial charge on any atom is -0.490 e. The van der Waals surface area contributed by atoms with Gasteiger partial charge in [0, 0.05) is 12.1 Å². The number of nitrogens with zero attached hydrogens (tertiary/aromatic N) is 1. The maximum Gasteiger partial charge on any atom is 0.189 e. The van der Waals surface area contributed by atoms with Crippen LogP contribution >= 0.6 is 0 Å². The fraction of sp³-hybridized carbons (Fsp3) is 0.471. The van der Waals surface area contributed by atoms with Crippen LogP contribution in [0.15, 0.2) is 41.4 Å². The van der Waals surface area contributed by atoms with Gasteiger partial charge in [0.1, 0.15) is 5.75 Å². The second-order valence-electron chi connectivity index (χ2n) is 5.64. The van der Waals surface area contributed by atoms with Gasteiger partial charge in [0.2, 0.25) is 0 Å². The lowest BCUT2D eigenvalue weighted by Crippen LogP contribution is -2.32. The first kappa shape index (κ1) is 15.4. The Kier molecular flexibility index (Phi) is 5.67. The van der Waals surface area contributed by atoms with Crippen LogP contribution in [0.1, 0.15) is 38.2 Å². The standard InChI is InChI=1S/C17H25N3O/c1-13(2)11-19-17(18)20-12-14-7-3-6-10-16(14)21-15-8-4-5-9-15/h3,6-7,10,15H,1,4-5,8-9,11-12H2,2H3,(H3,18,19,20). The molecule has 0 heterocycles. The summed E-state index contributed by atoms with van der Waals surface area (Å²) in [5.41, 5.74) is 7.94. The normalized spacial score (nSPS) is 16.0. The average Bonchev–Trinajstić information content (AvgIpc) is 2.97. The summed E-state index contributed by atoms with van der Waals surface area (Å²) >= 11 is 0. The Morgan fingerprint density at radius 1 is 1.38 bits per heavy atom. The quantitative estimate of drug-likeness (QED) is 0.480. The zero-order valence-corrected chi connectivity index (χ0v) is 12.8. The van der Waals surface area contributed by atoms with Gasteiger partial charge in [-0.1, -0.05) is 30.4 Å². The Hall–Kier alpha value is -1.97. The van der Waals surface area contributed by atoms with Crippen molar-refractivity contribution in [1.29, 1.82) is 0 Å². The SMILES string of the molecule is C=C(C)CNC(N)=NCc1ccccc1OC1CCCC1. The third kappa shape index (κ3) is 5.14. The summed E-state index contributed by atoms with van der Waals surface area (Å²) in [4.78, 5) is 4.36. The monoisotopic (exact) mass is 287 g/mol. The average molecular weight is 287 g/mol. The second-order valence-corrected chi connectivity index (χ2v) is 5.64. The van der Waals surface area contributed by atoms with E-state index in [2.05, 4.69) is 16.9 Å². The molecule has 1 aliphatic rings. The fourth-order valence-electron chi connectivity index (χ4n) is 2.40. The number of para-hydroxylation sites is 1. The molecule has 0 aliphatic heterocycles. The molecule has 1 saturated carbocycles. The molecule has 21 heavy (non-hydrogen) atoms. The van der Waals surface area contributed by atoms with Gasteiger partial charge in [-0.3, -0.25) is 0 Å². The number of benzene rings is 1. The molecule has 0 radical (unpaired) electrons. The molecule has 1 aromatic rings. The Balaban J connectivity index is 1.95. The summed E-state index contributed by atoms with van der Waals surface area (Å²) in [7, 11) is 0. The number of hydrogen-bond donors (Lipinski definition) is 2. The van der Waals surface area contributed by atoms with Crippen molar-refractivity contribution in [2.45, 2.75) is 45.3 Å². The Bertz CT molecular complexity index is 505. The van der Waals surface area contributed by atoms with Crippen LogP contribution in [-0.4, -0.2) is 18.6 Å². The van der Waals surface area contributed by atoms with Crippen molar-refractivity contribution in [2.24, 2.45) is 10.7 Å². The van der Waals surface area contributed by atoms with E-state index in [0.29, 0.717) is 25.2 Å². The van der Waals surface area contributed by atoms with Crippen LogP contribution in [0.2, 0.25) is 0 Å². The molecular formula is C17H25N3O. The largest absolute Gasteiger partial charge is 0.490 e. The highest BCUT2D eigenvalue weighted by Gasteiger charge is 2.17. The maximum absolute atomic E-state index is 6.09. The second kappa shape index (κ2) is 7.72. The van der Waals surface area contributed by atoms with Gasteiger partial charge in [-0.05, 0) is 38.7 Å². The Labute approximate surface area is 127 Å². The third-order valence-electron chi connectivity index (χ3n) is 3.56. The molecule has 1 fully saturated rings. The van der Waals surface area contributed by atoms with Crippen LogP contribution in [0.4, 0.5) is 0 Å². The predicted molar refractivity (Wildman–Crippen MR) is 87.5 cm³/mol. The van der Waals surface area contributed by atoms with Crippen LogP contribution < -0.4 is 15.8 Å². The molecule has 4 nitrogen and oxygen atoms in total. The van der Waals surface area contributed by atoms with Crippen molar-refractivity contribution in [1.82, 2.24) is 5.32 Å². The first-order valence-corrected chi connectivity index (χ1v) is 7.58. The van der Waals surface area contributed by atoms with Crippen molar-refractivity contribution in [3.63, 3.8) is 0 Å². The lowest BCUT2D eigenvalue weighted by atomic mass is 10.2. The van der Waals surface area contributed by atoms with E-state index in [4.69, 9.17) is 10.5 Å². The minimum atomic E-state index is 0.356. The summed E-state index contributed by atoms with van der Waals surface area (Å²) in [6.07, 6.45) is 5.19. The molecule has 114 valence electrons. The van der Waals surface area contributed by atoms with Crippen LogP contribution in [0, 0.1) is 0 Å². The molecule has 3 N–H and O–H groups in total. The van der Waals surface area contributed by atoms with Crippen molar-refractivity contribution < 1.29 is 4.74 Å². The van der Waals surface area contributed by atoms with Crippen LogP contribution in [0.25, 0.3) is 0 Å². The van der Waals surface area contributed by atoms with E-state index in [1.165, 1.54) is 12.8 Å². The summed E-state index contributed by atoms with van der Waals surface area (Å²) in [5.74, 6) is 1.37. The summed E-state index contributed by atoms with van der Waals surface area (Å²) in [5, 5.41) is 3.03. The van der Waals surface area contributed by atoms with Gasteiger partial charge in [0.25, 0.3) is 0 Å². The molecule has 0 atom stereocenters. The minimum absolute atomic E-state index is 0.356. The van der Waals surface area contributed by atoms with E-state index in [1.807, 2.05) is 31.2 Å². The van der Waals surface area contributed by atoms with Crippen LogP contribution in [0.5, 0.6) is 5.75 Å². The van der Waals surface area contributed by atoms with Crippen molar-refractivity contribution in [3.05, 3.63) is 42.0 Å². The summed E-state index contributed by atoms with van der Waals surface area (Å²) < 4.78 is 6.09. The van der Waals surface area contributed by atoms with E-state index in [1.54, 1.807) is 0 Å². The summed E-state index contributed by atoms with van der Waals surface area (Å²) in [6.45, 7) is 6.95. The Morgan fingerprint density at radius 2 is 2.10 bits per heavy atom. The number of rotatable bonds is 6. The maximum atomic E-state index is 6.09. The van der Waals surface area contributed by atoms with E-state index < -0.39 is 0 Å². The molecule has 2 rings (SSSR count). The van der Waals surface area contributed by atoms with E-state index in [9.17, 15) is 0 Å². The highest BCUT2D eigenvalue weighted by atomic mass is 16.5. The molecule has 0 bridgehead atoms. The summed E-state index contributed by atoms with van der Waals surface area (Å²) in [6, 6.07) is 8.06. The van der Waals surface area contributed by atoms with Gasteiger partial charge in [0.05, 0.1) is 12.6 Å². The molecule has 1 aliphatic carbocycles. The highest BCUT2D eigenvalue weighted by molar-refractivity contribution is 5.78. The number of hydrogen-bond acceptors (Lipinski definition) is 2. The highest BCUT2D eigenvalue weighted by Crippen LogP contribution is 2.26. The topological polar surface area (TPSA) is 59.6 Å². The first-order valence-electron chi connectivity index (χ1n) is 7.58. The van der Waals surface area contributed by atoms with Gasteiger partial charge in [0.15, 0.2) is 5.96 Å². The van der Waals surface area contributed by atoms with Gasteiger partial charge in [-0.25, -0.2) is 4.99 Å². The van der Waals surface area contributed by atoms with Crippen LogP contribution in [-0.2, 0) is 6.54 Å². The molecule has 0 amide bonds. The number of guanidine groups is 1. The molecule has 0 spiro atoms. The molecule has 4 heteroatoms. The lowest BCUT2D eigenvalue weighted by molar-refractivity contribution is 0.208. The van der Waals surface area contributed by atoms with Gasteiger partial charge in [-0.15, -0.1) is 0 Å². The van der Waals surface area contributed by atoms with E-state index in [0.717, 1.165) is 29.7 Å². The van der Waals surface area contributed by atoms with Crippen molar-refractivity contribution >= 4 is 5.96 Å². The lowest BCUT2D eigenvalue weighted by Gasteiger charge is -2.15. The van der Waals surface area contributed by atoms with Gasteiger partial charge >= 0.3 is 0 Å². The number of nitrogens with two attached hydrogens (primary N) is 1. The zero-order valence-electron chi connectivity index (χ0n) is 12.8. The van der Waals surface area contributed by atoms with Crippen molar-refractivity contribution in [3.8, 4) is 5.75 Å². The number of nitrogens with one attached hydrogen (secondary N) is 1. The van der Waals surface area contributed by atoms with E-state index in [-0.39, 0.29) is 0 Å². The fourth-order valence-corrected chi connectivity index (χ4v) is 2.40. The molecular weight excluding hydrogens is 262 g/mol. The number of aliphatic imine (C=N–C) groups is 1. The number of ether oxygens (including phenoxy) is 1. The van der Waals surface area contributed by atoms with Gasteiger partial charge < -0.3 is 15.8 Å². The van der Waals surface area contributed by atoms with Crippen LogP contribution in [0.3, 0.4) is 0 Å². The molecule has 0 unspecified atom stereocenters. The molecule has 0 saturated heterocycles. The smallest absolute Gasteiger partial charge is 0.189 e. The van der Waals surface area contributed by atoms with Gasteiger partial charge in [-0.2, -0.15) is 0 Å². The molecule has 0 aromatic heterocycles. The predicted octanol–water partition coefficient (Wildman–Crippen LogP) is 2.99. The van der Waals surface area contributed by atoms with Crippen molar-refractivity contribution in [2.75, 3.05) is 6.54 Å².